The highest BCUT2D eigenvalue weighted by atomic mass is 32.2. The molecule has 0 spiro atoms. The van der Waals surface area contributed by atoms with E-state index in [4.69, 9.17) is 10.5 Å². The molecule has 0 bridgehead atoms. The van der Waals surface area contributed by atoms with Gasteiger partial charge in [-0.1, -0.05) is 12.1 Å². The average Bonchev–Trinajstić information content (AvgIpc) is 2.92. The average molecular weight is 312 g/mol. The Labute approximate surface area is 124 Å². The van der Waals surface area contributed by atoms with E-state index < -0.39 is 22.0 Å². The summed E-state index contributed by atoms with van der Waals surface area (Å²) in [6.45, 7) is 3.76. The number of rotatable bonds is 3. The van der Waals surface area contributed by atoms with Gasteiger partial charge in [0.15, 0.2) is 0 Å². The summed E-state index contributed by atoms with van der Waals surface area (Å²) in [5, 5.41) is 0. The number of methoxy groups -OCH3 is 1. The molecule has 116 valence electrons. The van der Waals surface area contributed by atoms with E-state index >= 15 is 0 Å². The van der Waals surface area contributed by atoms with E-state index in [0.29, 0.717) is 30.5 Å². The molecule has 0 aliphatic carbocycles. The van der Waals surface area contributed by atoms with Gasteiger partial charge in [-0.2, -0.15) is 4.31 Å². The van der Waals surface area contributed by atoms with Crippen LogP contribution in [0.15, 0.2) is 17.0 Å². The zero-order valence-corrected chi connectivity index (χ0v) is 13.2. The molecular formula is C14H20N2O4S. The van der Waals surface area contributed by atoms with Crippen LogP contribution in [-0.4, -0.2) is 38.4 Å². The number of esters is 1. The number of hydrogen-bond donors (Lipinski definition) is 1. The van der Waals surface area contributed by atoms with Crippen LogP contribution < -0.4 is 5.73 Å². The molecule has 2 rings (SSSR count). The van der Waals surface area contributed by atoms with Crippen molar-refractivity contribution in [2.45, 2.75) is 37.6 Å². The van der Waals surface area contributed by atoms with Gasteiger partial charge < -0.3 is 10.5 Å². The van der Waals surface area contributed by atoms with Crippen molar-refractivity contribution < 1.29 is 17.9 Å². The maximum Gasteiger partial charge on any atom is 0.324 e. The third kappa shape index (κ3) is 2.63. The second-order valence-electron chi connectivity index (χ2n) is 5.24. The predicted octanol–water partition coefficient (Wildman–Crippen LogP) is 1.21. The molecule has 1 atom stereocenters. The zero-order chi connectivity index (χ0) is 15.8. The van der Waals surface area contributed by atoms with Crippen molar-refractivity contribution in [3.05, 3.63) is 23.3 Å². The number of ether oxygens (including phenoxy) is 1. The number of nitrogens with zero attached hydrogens (tertiary/aromatic N) is 1. The summed E-state index contributed by atoms with van der Waals surface area (Å²) in [5.41, 5.74) is 7.49. The van der Waals surface area contributed by atoms with Crippen molar-refractivity contribution in [2.75, 3.05) is 19.4 Å². The molecule has 1 fully saturated rings. The van der Waals surface area contributed by atoms with Crippen LogP contribution >= 0.6 is 0 Å². The van der Waals surface area contributed by atoms with Crippen molar-refractivity contribution in [2.24, 2.45) is 0 Å². The molecule has 1 aromatic rings. The van der Waals surface area contributed by atoms with Gasteiger partial charge >= 0.3 is 5.97 Å². The topological polar surface area (TPSA) is 89.7 Å². The number of aryl methyl sites for hydroxylation is 2. The Balaban J connectivity index is 2.53. The molecule has 1 unspecified atom stereocenters. The minimum Gasteiger partial charge on any atom is -0.468 e. The maximum absolute atomic E-state index is 12.9. The molecule has 2 N–H and O–H groups in total. The smallest absolute Gasteiger partial charge is 0.324 e. The highest BCUT2D eigenvalue weighted by Crippen LogP contribution is 2.33. The molecule has 7 heteroatoms. The number of carbonyl (C=O) groups is 1. The van der Waals surface area contributed by atoms with Crippen molar-refractivity contribution in [3.63, 3.8) is 0 Å². The van der Waals surface area contributed by atoms with Gasteiger partial charge in [0.1, 0.15) is 10.9 Å². The molecule has 0 radical (unpaired) electrons. The summed E-state index contributed by atoms with van der Waals surface area (Å²) in [6.07, 6.45) is 1.10. The highest BCUT2D eigenvalue weighted by molar-refractivity contribution is 7.89. The number of nitrogens with two attached hydrogens (primary N) is 1. The van der Waals surface area contributed by atoms with E-state index in [1.54, 1.807) is 26.0 Å². The second kappa shape index (κ2) is 5.65. The van der Waals surface area contributed by atoms with Crippen LogP contribution in [0, 0.1) is 13.8 Å². The maximum atomic E-state index is 12.9. The van der Waals surface area contributed by atoms with Crippen molar-refractivity contribution in [1.82, 2.24) is 4.31 Å². The SMILES string of the molecule is COC(=O)C1CCCN1S(=O)(=O)c1c(C)ccc(C)c1N. The van der Waals surface area contributed by atoms with Crippen LogP contribution in [0.25, 0.3) is 0 Å². The van der Waals surface area contributed by atoms with Gasteiger partial charge in [0.2, 0.25) is 10.0 Å². The monoisotopic (exact) mass is 312 g/mol. The second-order valence-corrected chi connectivity index (χ2v) is 7.07. The van der Waals surface area contributed by atoms with Crippen molar-refractivity contribution >= 4 is 21.7 Å². The molecule has 21 heavy (non-hydrogen) atoms. The van der Waals surface area contributed by atoms with Gasteiger partial charge in [-0.15, -0.1) is 0 Å². The lowest BCUT2D eigenvalue weighted by Crippen LogP contribution is -2.41. The third-order valence-electron chi connectivity index (χ3n) is 3.85. The zero-order valence-electron chi connectivity index (χ0n) is 12.4. The van der Waals surface area contributed by atoms with Crippen LogP contribution in [0.5, 0.6) is 0 Å². The van der Waals surface area contributed by atoms with E-state index in [2.05, 4.69) is 0 Å². The van der Waals surface area contributed by atoms with E-state index in [9.17, 15) is 13.2 Å². The quantitative estimate of drug-likeness (QED) is 0.669. The van der Waals surface area contributed by atoms with E-state index in [1.807, 2.05) is 0 Å². The molecule has 0 amide bonds. The summed E-state index contributed by atoms with van der Waals surface area (Å²) in [4.78, 5) is 11.9. The molecule has 0 saturated carbocycles. The number of sulfonamides is 1. The fraction of sp³-hybridized carbons (Fsp3) is 0.500. The molecule has 1 saturated heterocycles. The molecule has 1 heterocycles. The first-order valence-electron chi connectivity index (χ1n) is 6.76. The lowest BCUT2D eigenvalue weighted by molar-refractivity contribution is -0.144. The lowest BCUT2D eigenvalue weighted by atomic mass is 10.1. The molecule has 1 aromatic carbocycles. The van der Waals surface area contributed by atoms with Crippen molar-refractivity contribution in [1.29, 1.82) is 0 Å². The Morgan fingerprint density at radius 1 is 1.33 bits per heavy atom. The minimum atomic E-state index is -3.82. The van der Waals surface area contributed by atoms with Crippen molar-refractivity contribution in [3.8, 4) is 0 Å². The molecule has 1 aliphatic heterocycles. The lowest BCUT2D eigenvalue weighted by Gasteiger charge is -2.24. The Kier molecular flexibility index (Phi) is 4.25. The largest absolute Gasteiger partial charge is 0.468 e. The normalized spacial score (nSPS) is 19.7. The number of carbonyl (C=O) groups excluding carboxylic acids is 1. The standard InChI is InChI=1S/C14H20N2O4S/c1-9-6-7-10(2)13(12(9)15)21(18,19)16-8-4-5-11(16)14(17)20-3/h6-7,11H,4-5,8,15H2,1-3H3. The fourth-order valence-electron chi connectivity index (χ4n) is 2.67. The number of anilines is 1. The van der Waals surface area contributed by atoms with Crippen LogP contribution in [-0.2, 0) is 19.6 Å². The summed E-state index contributed by atoms with van der Waals surface area (Å²) in [6, 6.07) is 2.74. The van der Waals surface area contributed by atoms with Gasteiger partial charge in [0.25, 0.3) is 0 Å². The van der Waals surface area contributed by atoms with Crippen LogP contribution in [0.3, 0.4) is 0 Å². The third-order valence-corrected chi connectivity index (χ3v) is 5.97. The summed E-state index contributed by atoms with van der Waals surface area (Å²) in [7, 11) is -2.56. The van der Waals surface area contributed by atoms with Gasteiger partial charge in [-0.25, -0.2) is 8.42 Å². The fourth-order valence-corrected chi connectivity index (χ4v) is 4.71. The van der Waals surface area contributed by atoms with E-state index in [0.717, 1.165) is 0 Å². The van der Waals surface area contributed by atoms with Crippen LogP contribution in [0.1, 0.15) is 24.0 Å². The van der Waals surface area contributed by atoms with E-state index in [1.165, 1.54) is 11.4 Å². The predicted molar refractivity (Wildman–Crippen MR) is 79.3 cm³/mol. The number of benzene rings is 1. The van der Waals surface area contributed by atoms with Crippen LogP contribution in [0.2, 0.25) is 0 Å². The first-order valence-corrected chi connectivity index (χ1v) is 8.20. The molecular weight excluding hydrogens is 292 g/mol. The van der Waals surface area contributed by atoms with Gasteiger partial charge in [-0.3, -0.25) is 4.79 Å². The first-order chi connectivity index (χ1) is 9.80. The first kappa shape index (κ1) is 15.8. The molecule has 0 aromatic heterocycles. The van der Waals surface area contributed by atoms with Gasteiger partial charge in [0, 0.05) is 6.54 Å². The van der Waals surface area contributed by atoms with Gasteiger partial charge in [-0.05, 0) is 37.8 Å². The summed E-state index contributed by atoms with van der Waals surface area (Å²) < 4.78 is 31.7. The van der Waals surface area contributed by atoms with Gasteiger partial charge in [0.05, 0.1) is 12.8 Å². The highest BCUT2D eigenvalue weighted by Gasteiger charge is 2.41. The Hall–Kier alpha value is -1.60. The summed E-state index contributed by atoms with van der Waals surface area (Å²) in [5.74, 6) is -0.528. The molecule has 6 nitrogen and oxygen atoms in total. The Bertz CT molecular complexity index is 670. The Morgan fingerprint density at radius 3 is 2.57 bits per heavy atom. The summed E-state index contributed by atoms with van der Waals surface area (Å²) >= 11 is 0. The van der Waals surface area contributed by atoms with Crippen LogP contribution in [0.4, 0.5) is 5.69 Å². The Morgan fingerprint density at radius 2 is 1.95 bits per heavy atom. The molecule has 1 aliphatic rings. The number of hydrogen-bond acceptors (Lipinski definition) is 5. The minimum absolute atomic E-state index is 0.0957. The van der Waals surface area contributed by atoms with E-state index in [-0.39, 0.29) is 10.6 Å². The number of nitrogen functional groups attached to an aromatic ring is 1.